The van der Waals surface area contributed by atoms with E-state index in [1.165, 1.54) is 0 Å². The van der Waals surface area contributed by atoms with Gasteiger partial charge in [0.2, 0.25) is 0 Å². The van der Waals surface area contributed by atoms with Gasteiger partial charge in [-0.3, -0.25) is 9.69 Å². The average Bonchev–Trinajstić information content (AvgIpc) is 3.59. The first-order chi connectivity index (χ1) is 18.9. The van der Waals surface area contributed by atoms with Crippen molar-refractivity contribution in [1.29, 1.82) is 0 Å². The number of benzene rings is 2. The first kappa shape index (κ1) is 27.3. The topological polar surface area (TPSA) is 98.2 Å². The van der Waals surface area contributed by atoms with Gasteiger partial charge in [0.25, 0.3) is 5.56 Å². The van der Waals surface area contributed by atoms with E-state index in [9.17, 15) is 4.79 Å². The lowest BCUT2D eigenvalue weighted by Gasteiger charge is -2.34. The third kappa shape index (κ3) is 6.32. The molecule has 0 spiro atoms. The van der Waals surface area contributed by atoms with Crippen molar-refractivity contribution in [3.8, 4) is 5.75 Å². The lowest BCUT2D eigenvalue weighted by molar-refractivity contribution is 0.0851. The molecule has 1 saturated heterocycles. The molecule has 1 aliphatic rings. The van der Waals surface area contributed by atoms with Crippen LogP contribution in [0.15, 0.2) is 53.3 Å². The van der Waals surface area contributed by atoms with E-state index in [4.69, 9.17) is 21.1 Å². The number of hydrogen-bond acceptors (Lipinski definition) is 7. The summed E-state index contributed by atoms with van der Waals surface area (Å²) >= 11 is 6.61. The summed E-state index contributed by atoms with van der Waals surface area (Å²) in [5, 5.41) is 14.4. The molecule has 4 aromatic rings. The van der Waals surface area contributed by atoms with Crippen LogP contribution in [0.1, 0.15) is 56.6 Å². The lowest BCUT2D eigenvalue weighted by Crippen LogP contribution is -2.36. The van der Waals surface area contributed by atoms with Gasteiger partial charge < -0.3 is 14.5 Å². The summed E-state index contributed by atoms with van der Waals surface area (Å²) in [5.41, 5.74) is 2.26. The standard InChI is InChI=1S/C29H35ClN6O3/c1-4-38-23-11-12-26-21(15-23)14-22(29(37)31-26)17-35(16-20-8-5-6-10-25(20)30)27(19(2)3)28-32-33-34-36(28)18-24-9-7-13-39-24/h5-6,8,10-12,14-15,19,24,27H,4,7,9,13,16-18H2,1-3H3,(H,31,37). The highest BCUT2D eigenvalue weighted by molar-refractivity contribution is 6.31. The maximum atomic E-state index is 13.3. The zero-order valence-corrected chi connectivity index (χ0v) is 23.4. The highest BCUT2D eigenvalue weighted by Crippen LogP contribution is 2.32. The first-order valence-electron chi connectivity index (χ1n) is 13.6. The molecular weight excluding hydrogens is 516 g/mol. The van der Waals surface area contributed by atoms with Crippen LogP contribution < -0.4 is 10.3 Å². The normalized spacial score (nSPS) is 16.4. The minimum absolute atomic E-state index is 0.0972. The Bertz CT molecular complexity index is 1460. The Hall–Kier alpha value is -3.27. The second-order valence-electron chi connectivity index (χ2n) is 10.3. The van der Waals surface area contributed by atoms with Crippen LogP contribution in [0.2, 0.25) is 5.02 Å². The van der Waals surface area contributed by atoms with Crippen molar-refractivity contribution in [3.05, 3.63) is 80.9 Å². The summed E-state index contributed by atoms with van der Waals surface area (Å²) < 4.78 is 13.4. The Morgan fingerprint density at radius 1 is 1.18 bits per heavy atom. The predicted molar refractivity (Wildman–Crippen MR) is 151 cm³/mol. The minimum Gasteiger partial charge on any atom is -0.494 e. The Balaban J connectivity index is 1.54. The number of hydrogen-bond donors (Lipinski definition) is 1. The fourth-order valence-corrected chi connectivity index (χ4v) is 5.53. The summed E-state index contributed by atoms with van der Waals surface area (Å²) in [7, 11) is 0. The van der Waals surface area contributed by atoms with E-state index in [1.807, 2.05) is 60.1 Å². The fourth-order valence-electron chi connectivity index (χ4n) is 5.34. The monoisotopic (exact) mass is 550 g/mol. The van der Waals surface area contributed by atoms with Crippen molar-refractivity contribution >= 4 is 22.5 Å². The molecule has 5 rings (SSSR count). The second kappa shape index (κ2) is 12.3. The number of nitrogens with zero attached hydrogens (tertiary/aromatic N) is 5. The number of H-pyrrole nitrogens is 1. The van der Waals surface area contributed by atoms with Gasteiger partial charge in [-0.25, -0.2) is 4.68 Å². The molecule has 206 valence electrons. The van der Waals surface area contributed by atoms with Gasteiger partial charge in [0.05, 0.1) is 25.3 Å². The van der Waals surface area contributed by atoms with Crippen LogP contribution >= 0.6 is 11.6 Å². The van der Waals surface area contributed by atoms with Crippen molar-refractivity contribution < 1.29 is 9.47 Å². The Kier molecular flexibility index (Phi) is 8.60. The van der Waals surface area contributed by atoms with Gasteiger partial charge in [-0.15, -0.1) is 5.10 Å². The number of rotatable bonds is 11. The predicted octanol–water partition coefficient (Wildman–Crippen LogP) is 5.15. The number of halogens is 1. The van der Waals surface area contributed by atoms with E-state index in [0.29, 0.717) is 36.8 Å². The molecule has 0 aliphatic carbocycles. The molecule has 2 unspecified atom stereocenters. The third-order valence-electron chi connectivity index (χ3n) is 7.16. The molecule has 0 amide bonds. The van der Waals surface area contributed by atoms with Gasteiger partial charge in [-0.2, -0.15) is 0 Å². The summed E-state index contributed by atoms with van der Waals surface area (Å²) in [5.74, 6) is 1.67. The number of nitrogens with one attached hydrogen (secondary N) is 1. The summed E-state index contributed by atoms with van der Waals surface area (Å²) in [6.07, 6.45) is 2.13. The van der Waals surface area contributed by atoms with Gasteiger partial charge in [0, 0.05) is 41.2 Å². The van der Waals surface area contributed by atoms with E-state index < -0.39 is 0 Å². The summed E-state index contributed by atoms with van der Waals surface area (Å²) in [6.45, 7) is 9.09. The largest absolute Gasteiger partial charge is 0.494 e. The van der Waals surface area contributed by atoms with E-state index in [2.05, 4.69) is 39.3 Å². The van der Waals surface area contributed by atoms with Gasteiger partial charge >= 0.3 is 0 Å². The molecule has 1 aliphatic heterocycles. The second-order valence-corrected chi connectivity index (χ2v) is 10.8. The number of pyridine rings is 1. The molecule has 1 fully saturated rings. The van der Waals surface area contributed by atoms with E-state index in [1.54, 1.807) is 0 Å². The minimum atomic E-state index is -0.178. The highest BCUT2D eigenvalue weighted by Gasteiger charge is 2.31. The van der Waals surface area contributed by atoms with E-state index in [-0.39, 0.29) is 23.6 Å². The van der Waals surface area contributed by atoms with Crippen molar-refractivity contribution in [2.24, 2.45) is 5.92 Å². The fraction of sp³-hybridized carbons (Fsp3) is 0.448. The van der Waals surface area contributed by atoms with Crippen LogP contribution in [0.4, 0.5) is 0 Å². The maximum Gasteiger partial charge on any atom is 0.252 e. The number of fused-ring (bicyclic) bond motifs is 1. The van der Waals surface area contributed by atoms with Crippen LogP contribution in [-0.2, 0) is 24.4 Å². The third-order valence-corrected chi connectivity index (χ3v) is 7.53. The maximum absolute atomic E-state index is 13.3. The van der Waals surface area contributed by atoms with Crippen LogP contribution in [0.3, 0.4) is 0 Å². The van der Waals surface area contributed by atoms with Gasteiger partial charge in [-0.1, -0.05) is 43.6 Å². The first-order valence-corrected chi connectivity index (χ1v) is 13.9. The SMILES string of the molecule is CCOc1ccc2[nH]c(=O)c(CN(Cc3ccccc3Cl)C(c3nnnn3CC3CCCO3)C(C)C)cc2c1. The van der Waals surface area contributed by atoms with E-state index >= 15 is 0 Å². The Labute approximate surface area is 233 Å². The molecular formula is C29H35ClN6O3. The van der Waals surface area contributed by atoms with E-state index in [0.717, 1.165) is 47.5 Å². The summed E-state index contributed by atoms with van der Waals surface area (Å²) in [6, 6.07) is 15.3. The van der Waals surface area contributed by atoms with Crippen LogP contribution in [-0.4, -0.2) is 49.4 Å². The number of aromatic amines is 1. The molecule has 2 aromatic carbocycles. The van der Waals surface area contributed by atoms with Crippen molar-refractivity contribution in [3.63, 3.8) is 0 Å². The van der Waals surface area contributed by atoms with Crippen LogP contribution in [0, 0.1) is 5.92 Å². The van der Waals surface area contributed by atoms with Gasteiger partial charge in [0.15, 0.2) is 5.82 Å². The highest BCUT2D eigenvalue weighted by atomic mass is 35.5. The molecule has 10 heteroatoms. The molecule has 0 radical (unpaired) electrons. The van der Waals surface area contributed by atoms with Crippen molar-refractivity contribution in [2.75, 3.05) is 13.2 Å². The molecule has 39 heavy (non-hydrogen) atoms. The molecule has 0 bridgehead atoms. The van der Waals surface area contributed by atoms with Gasteiger partial charge in [-0.05, 0) is 72.0 Å². The Morgan fingerprint density at radius 3 is 2.74 bits per heavy atom. The summed E-state index contributed by atoms with van der Waals surface area (Å²) in [4.78, 5) is 18.6. The number of ether oxygens (including phenoxy) is 2. The molecule has 3 heterocycles. The molecule has 0 saturated carbocycles. The zero-order chi connectivity index (χ0) is 27.4. The average molecular weight is 551 g/mol. The molecule has 2 aromatic heterocycles. The van der Waals surface area contributed by atoms with Crippen molar-refractivity contribution in [1.82, 2.24) is 30.1 Å². The lowest BCUT2D eigenvalue weighted by atomic mass is 9.99. The molecule has 2 atom stereocenters. The molecule has 1 N–H and O–H groups in total. The van der Waals surface area contributed by atoms with Gasteiger partial charge in [0.1, 0.15) is 5.75 Å². The smallest absolute Gasteiger partial charge is 0.252 e. The quantitative estimate of drug-likeness (QED) is 0.276. The Morgan fingerprint density at radius 2 is 2.00 bits per heavy atom. The number of aromatic nitrogens is 5. The van der Waals surface area contributed by atoms with Crippen LogP contribution in [0.5, 0.6) is 5.75 Å². The van der Waals surface area contributed by atoms with Crippen LogP contribution in [0.25, 0.3) is 10.9 Å². The molecule has 9 nitrogen and oxygen atoms in total. The van der Waals surface area contributed by atoms with Crippen molar-refractivity contribution in [2.45, 2.75) is 65.4 Å². The number of tetrazole rings is 1. The zero-order valence-electron chi connectivity index (χ0n) is 22.6.